The van der Waals surface area contributed by atoms with Gasteiger partial charge in [-0.2, -0.15) is 0 Å². The molecule has 1 rings (SSSR count). The monoisotopic (exact) mass is 286 g/mol. The molecule has 1 unspecified atom stereocenters. The molecule has 0 bridgehead atoms. The molecule has 84 valence electrons. The molecular weight excluding hydrogens is 280 g/mol. The van der Waals surface area contributed by atoms with E-state index in [2.05, 4.69) is 20.7 Å². The first-order valence-electron chi connectivity index (χ1n) is 3.98. The summed E-state index contributed by atoms with van der Waals surface area (Å²) >= 11 is 2.90. The smallest absolute Gasteiger partial charge is 0.283 e. The van der Waals surface area contributed by atoms with E-state index in [0.29, 0.717) is 0 Å². The van der Waals surface area contributed by atoms with Crippen LogP contribution in [0.15, 0.2) is 24.3 Å². The molecule has 0 aliphatic carbocycles. The molecular formula is C9H7BrF4O. The standard InChI is InChI=1S/C9H7BrF4O/c10-5-8(15-9(12,13)14)6-1-3-7(11)4-2-6/h1-4,8H,5H2. The van der Waals surface area contributed by atoms with Gasteiger partial charge in [-0.1, -0.05) is 28.1 Å². The Morgan fingerprint density at radius 2 is 1.73 bits per heavy atom. The molecule has 1 atom stereocenters. The van der Waals surface area contributed by atoms with E-state index in [4.69, 9.17) is 0 Å². The van der Waals surface area contributed by atoms with E-state index in [1.165, 1.54) is 12.1 Å². The van der Waals surface area contributed by atoms with Gasteiger partial charge in [0.25, 0.3) is 0 Å². The van der Waals surface area contributed by atoms with Gasteiger partial charge in [0, 0.05) is 5.33 Å². The summed E-state index contributed by atoms with van der Waals surface area (Å²) in [6.45, 7) is 0. The summed E-state index contributed by atoms with van der Waals surface area (Å²) in [5.41, 5.74) is 0.269. The topological polar surface area (TPSA) is 9.23 Å². The van der Waals surface area contributed by atoms with Crippen molar-refractivity contribution in [1.29, 1.82) is 0 Å². The Morgan fingerprint density at radius 1 is 1.20 bits per heavy atom. The van der Waals surface area contributed by atoms with Crippen molar-refractivity contribution in [3.05, 3.63) is 35.6 Å². The summed E-state index contributed by atoms with van der Waals surface area (Å²) in [4.78, 5) is 0. The Balaban J connectivity index is 2.79. The highest BCUT2D eigenvalue weighted by Gasteiger charge is 2.33. The molecule has 0 aromatic heterocycles. The highest BCUT2D eigenvalue weighted by Crippen LogP contribution is 2.29. The second-order valence-corrected chi connectivity index (χ2v) is 3.41. The second kappa shape index (κ2) is 4.94. The number of rotatable bonds is 3. The van der Waals surface area contributed by atoms with Crippen LogP contribution >= 0.6 is 15.9 Å². The molecule has 0 heterocycles. The summed E-state index contributed by atoms with van der Waals surface area (Å²) in [7, 11) is 0. The molecule has 0 fully saturated rings. The average Bonchev–Trinajstić information content (AvgIpc) is 2.14. The van der Waals surface area contributed by atoms with Crippen LogP contribution in [0.4, 0.5) is 17.6 Å². The van der Waals surface area contributed by atoms with Gasteiger partial charge < -0.3 is 0 Å². The lowest BCUT2D eigenvalue weighted by Gasteiger charge is -2.17. The zero-order valence-electron chi connectivity index (χ0n) is 7.39. The van der Waals surface area contributed by atoms with Crippen LogP contribution in [0, 0.1) is 5.82 Å². The minimum absolute atomic E-state index is 0.0157. The predicted octanol–water partition coefficient (Wildman–Crippen LogP) is 3.80. The molecule has 6 heteroatoms. The highest BCUT2D eigenvalue weighted by atomic mass is 79.9. The van der Waals surface area contributed by atoms with E-state index in [9.17, 15) is 17.6 Å². The molecule has 0 amide bonds. The van der Waals surface area contributed by atoms with Crippen molar-refractivity contribution in [2.75, 3.05) is 5.33 Å². The van der Waals surface area contributed by atoms with Crippen molar-refractivity contribution in [2.24, 2.45) is 0 Å². The Hall–Kier alpha value is -0.620. The van der Waals surface area contributed by atoms with Crippen LogP contribution < -0.4 is 0 Å². The molecule has 1 aromatic rings. The lowest BCUT2D eigenvalue weighted by atomic mass is 10.1. The third-order valence-corrected chi connectivity index (χ3v) is 2.25. The zero-order valence-corrected chi connectivity index (χ0v) is 8.98. The van der Waals surface area contributed by atoms with E-state index in [0.717, 1.165) is 12.1 Å². The molecule has 15 heavy (non-hydrogen) atoms. The first-order valence-corrected chi connectivity index (χ1v) is 5.10. The van der Waals surface area contributed by atoms with Crippen LogP contribution in [0.2, 0.25) is 0 Å². The van der Waals surface area contributed by atoms with Gasteiger partial charge in [0.2, 0.25) is 0 Å². The van der Waals surface area contributed by atoms with Gasteiger partial charge >= 0.3 is 6.36 Å². The second-order valence-electron chi connectivity index (χ2n) is 2.76. The lowest BCUT2D eigenvalue weighted by Crippen LogP contribution is -2.19. The predicted molar refractivity (Wildman–Crippen MR) is 50.1 cm³/mol. The van der Waals surface area contributed by atoms with Gasteiger partial charge in [0.05, 0.1) is 0 Å². The molecule has 0 aliphatic heterocycles. The van der Waals surface area contributed by atoms with Gasteiger partial charge in [-0.05, 0) is 17.7 Å². The van der Waals surface area contributed by atoms with Gasteiger partial charge in [-0.15, -0.1) is 13.2 Å². The average molecular weight is 287 g/mol. The fourth-order valence-electron chi connectivity index (χ4n) is 1.03. The third kappa shape index (κ3) is 4.17. The maximum Gasteiger partial charge on any atom is 0.523 e. The van der Waals surface area contributed by atoms with Gasteiger partial charge in [-0.25, -0.2) is 4.39 Å². The van der Waals surface area contributed by atoms with Gasteiger partial charge in [0.15, 0.2) is 0 Å². The van der Waals surface area contributed by atoms with Crippen LogP contribution in [0.25, 0.3) is 0 Å². The molecule has 0 N–H and O–H groups in total. The van der Waals surface area contributed by atoms with Crippen molar-refractivity contribution in [3.63, 3.8) is 0 Å². The maximum atomic E-state index is 12.5. The van der Waals surface area contributed by atoms with E-state index in [-0.39, 0.29) is 10.9 Å². The fourth-order valence-corrected chi connectivity index (χ4v) is 1.53. The molecule has 0 saturated carbocycles. The van der Waals surface area contributed by atoms with E-state index in [1.54, 1.807) is 0 Å². The van der Waals surface area contributed by atoms with Gasteiger partial charge in [-0.3, -0.25) is 4.74 Å². The van der Waals surface area contributed by atoms with Crippen LogP contribution in [0.5, 0.6) is 0 Å². The Labute approximate surface area is 92.2 Å². The first-order chi connectivity index (χ1) is 6.92. The molecule has 0 spiro atoms. The normalized spacial score (nSPS) is 13.9. The molecule has 0 radical (unpaired) electrons. The van der Waals surface area contributed by atoms with Crippen LogP contribution in [-0.2, 0) is 4.74 Å². The Bertz CT molecular complexity index is 309. The summed E-state index contributed by atoms with van der Waals surface area (Å²) in [5.74, 6) is -0.501. The number of benzene rings is 1. The molecule has 1 nitrogen and oxygen atoms in total. The van der Waals surface area contributed by atoms with E-state index >= 15 is 0 Å². The Morgan fingerprint density at radius 3 is 2.13 bits per heavy atom. The molecule has 0 saturated heterocycles. The summed E-state index contributed by atoms with van der Waals surface area (Å²) in [5, 5.41) is -0.0157. The van der Waals surface area contributed by atoms with Gasteiger partial charge in [0.1, 0.15) is 11.9 Å². The van der Waals surface area contributed by atoms with Crippen molar-refractivity contribution >= 4 is 15.9 Å². The first kappa shape index (κ1) is 12.4. The van der Waals surface area contributed by atoms with Crippen LogP contribution in [0.1, 0.15) is 11.7 Å². The minimum atomic E-state index is -4.70. The highest BCUT2D eigenvalue weighted by molar-refractivity contribution is 9.09. The SMILES string of the molecule is Fc1ccc(C(CBr)OC(F)(F)F)cc1. The number of hydrogen-bond donors (Lipinski definition) is 0. The number of hydrogen-bond acceptors (Lipinski definition) is 1. The van der Waals surface area contributed by atoms with Crippen molar-refractivity contribution in [2.45, 2.75) is 12.5 Å². The van der Waals surface area contributed by atoms with E-state index in [1.807, 2.05) is 0 Å². The summed E-state index contributed by atoms with van der Waals surface area (Å²) in [6.07, 6.45) is -5.86. The largest absolute Gasteiger partial charge is 0.523 e. The molecule has 1 aromatic carbocycles. The van der Waals surface area contributed by atoms with Crippen molar-refractivity contribution < 1.29 is 22.3 Å². The minimum Gasteiger partial charge on any atom is -0.283 e. The summed E-state index contributed by atoms with van der Waals surface area (Å²) in [6, 6.07) is 4.69. The third-order valence-electron chi connectivity index (χ3n) is 1.66. The zero-order chi connectivity index (χ0) is 11.5. The van der Waals surface area contributed by atoms with Crippen molar-refractivity contribution in [1.82, 2.24) is 0 Å². The molecule has 0 aliphatic rings. The lowest BCUT2D eigenvalue weighted by molar-refractivity contribution is -0.341. The van der Waals surface area contributed by atoms with Crippen LogP contribution in [0.3, 0.4) is 0 Å². The Kier molecular flexibility index (Phi) is 4.10. The maximum absolute atomic E-state index is 12.5. The van der Waals surface area contributed by atoms with E-state index < -0.39 is 18.3 Å². The fraction of sp³-hybridized carbons (Fsp3) is 0.333. The quantitative estimate of drug-likeness (QED) is 0.607. The van der Waals surface area contributed by atoms with Crippen LogP contribution in [-0.4, -0.2) is 11.7 Å². The van der Waals surface area contributed by atoms with Crippen molar-refractivity contribution in [3.8, 4) is 0 Å². The summed E-state index contributed by atoms with van der Waals surface area (Å²) < 4.78 is 52.2. The number of ether oxygens (including phenoxy) is 1. The number of alkyl halides is 4. The number of halogens is 5.